The van der Waals surface area contributed by atoms with E-state index in [0.717, 1.165) is 32.2 Å². The van der Waals surface area contributed by atoms with E-state index in [-0.39, 0.29) is 24.6 Å². The lowest BCUT2D eigenvalue weighted by Crippen LogP contribution is -2.50. The quantitative estimate of drug-likeness (QED) is 0.691. The second-order valence-corrected chi connectivity index (χ2v) is 6.09. The molecule has 0 aromatic carbocycles. The Kier molecular flexibility index (Phi) is 5.70. The number of alkyl halides is 2. The standard InChI is InChI=1S/C14H23F2N3O/c15-14(16)7-18-12-5-10(6-13(20)11-1-2-11)8-19(9-12)4-3-17/h10-14,18,20H,1-2,4-9H2. The summed E-state index contributed by atoms with van der Waals surface area (Å²) in [5.41, 5.74) is 0. The van der Waals surface area contributed by atoms with Gasteiger partial charge in [0.25, 0.3) is 6.43 Å². The van der Waals surface area contributed by atoms with Gasteiger partial charge in [0.1, 0.15) is 0 Å². The third-order valence-corrected chi connectivity index (χ3v) is 4.21. The van der Waals surface area contributed by atoms with Crippen LogP contribution >= 0.6 is 0 Å². The Morgan fingerprint density at radius 2 is 2.10 bits per heavy atom. The highest BCUT2D eigenvalue weighted by atomic mass is 19.3. The zero-order chi connectivity index (χ0) is 14.5. The number of nitrogens with one attached hydrogen (secondary N) is 1. The molecule has 6 heteroatoms. The van der Waals surface area contributed by atoms with Gasteiger partial charge in [-0.3, -0.25) is 4.90 Å². The van der Waals surface area contributed by atoms with Crippen LogP contribution in [0, 0.1) is 23.2 Å². The van der Waals surface area contributed by atoms with E-state index < -0.39 is 6.43 Å². The summed E-state index contributed by atoms with van der Waals surface area (Å²) in [7, 11) is 0. The number of halogens is 2. The average Bonchev–Trinajstić information content (AvgIpc) is 3.20. The Bertz CT molecular complexity index is 344. The van der Waals surface area contributed by atoms with Crippen LogP contribution in [0.4, 0.5) is 8.78 Å². The SMILES string of the molecule is N#CCN1CC(CC(O)C2CC2)CC(NCC(F)F)C1. The fraction of sp³-hybridized carbons (Fsp3) is 0.929. The Balaban J connectivity index is 1.84. The summed E-state index contributed by atoms with van der Waals surface area (Å²) in [5, 5.41) is 21.7. The maximum absolute atomic E-state index is 12.3. The van der Waals surface area contributed by atoms with Crippen molar-refractivity contribution in [2.75, 3.05) is 26.2 Å². The number of hydrogen-bond donors (Lipinski definition) is 2. The molecule has 1 aliphatic carbocycles. The molecular weight excluding hydrogens is 264 g/mol. The molecule has 0 radical (unpaired) electrons. The highest BCUT2D eigenvalue weighted by Crippen LogP contribution is 2.36. The number of rotatable bonds is 7. The summed E-state index contributed by atoms with van der Waals surface area (Å²) in [4.78, 5) is 2.00. The number of aliphatic hydroxyl groups is 1. The molecule has 1 heterocycles. The van der Waals surface area contributed by atoms with Crippen molar-refractivity contribution in [3.05, 3.63) is 0 Å². The van der Waals surface area contributed by atoms with Gasteiger partial charge in [0.2, 0.25) is 0 Å². The van der Waals surface area contributed by atoms with Crippen LogP contribution in [-0.2, 0) is 0 Å². The summed E-state index contributed by atoms with van der Waals surface area (Å²) in [6, 6.07) is 2.11. The van der Waals surface area contributed by atoms with E-state index in [9.17, 15) is 13.9 Å². The molecule has 0 spiro atoms. The molecule has 2 aliphatic rings. The van der Waals surface area contributed by atoms with Crippen LogP contribution in [0.15, 0.2) is 0 Å². The van der Waals surface area contributed by atoms with E-state index >= 15 is 0 Å². The molecule has 0 bridgehead atoms. The summed E-state index contributed by atoms with van der Waals surface area (Å²) in [6.45, 7) is 1.44. The van der Waals surface area contributed by atoms with Gasteiger partial charge in [0.05, 0.1) is 25.3 Å². The Morgan fingerprint density at radius 3 is 2.70 bits per heavy atom. The molecule has 20 heavy (non-hydrogen) atoms. The normalized spacial score (nSPS) is 29.4. The van der Waals surface area contributed by atoms with Gasteiger partial charge in [-0.1, -0.05) is 0 Å². The van der Waals surface area contributed by atoms with Gasteiger partial charge in [-0.25, -0.2) is 8.78 Å². The zero-order valence-electron chi connectivity index (χ0n) is 11.6. The van der Waals surface area contributed by atoms with Crippen LogP contribution in [0.2, 0.25) is 0 Å². The van der Waals surface area contributed by atoms with Gasteiger partial charge in [0, 0.05) is 19.1 Å². The van der Waals surface area contributed by atoms with E-state index in [1.807, 2.05) is 4.90 Å². The first-order valence-electron chi connectivity index (χ1n) is 7.37. The van der Waals surface area contributed by atoms with Crippen molar-refractivity contribution in [2.24, 2.45) is 11.8 Å². The van der Waals surface area contributed by atoms with Gasteiger partial charge in [-0.2, -0.15) is 5.26 Å². The van der Waals surface area contributed by atoms with Crippen LogP contribution in [0.25, 0.3) is 0 Å². The lowest BCUT2D eigenvalue weighted by molar-refractivity contribution is 0.0731. The Morgan fingerprint density at radius 1 is 1.35 bits per heavy atom. The number of aliphatic hydroxyl groups excluding tert-OH is 1. The first-order valence-corrected chi connectivity index (χ1v) is 7.37. The fourth-order valence-corrected chi connectivity index (χ4v) is 3.12. The first kappa shape index (κ1) is 15.6. The zero-order valence-corrected chi connectivity index (χ0v) is 11.6. The largest absolute Gasteiger partial charge is 0.393 e. The van der Waals surface area contributed by atoms with Crippen molar-refractivity contribution in [2.45, 2.75) is 44.3 Å². The van der Waals surface area contributed by atoms with Crippen LogP contribution < -0.4 is 5.32 Å². The van der Waals surface area contributed by atoms with Gasteiger partial charge < -0.3 is 10.4 Å². The maximum atomic E-state index is 12.3. The highest BCUT2D eigenvalue weighted by molar-refractivity contribution is 4.90. The summed E-state index contributed by atoms with van der Waals surface area (Å²) in [5.74, 6) is 0.719. The molecule has 1 saturated carbocycles. The molecule has 4 nitrogen and oxygen atoms in total. The third kappa shape index (κ3) is 4.97. The van der Waals surface area contributed by atoms with Gasteiger partial charge in [-0.15, -0.1) is 0 Å². The number of nitriles is 1. The van der Waals surface area contributed by atoms with E-state index in [1.165, 1.54) is 0 Å². The third-order valence-electron chi connectivity index (χ3n) is 4.21. The molecule has 3 atom stereocenters. The Hall–Kier alpha value is -0.770. The van der Waals surface area contributed by atoms with Gasteiger partial charge >= 0.3 is 0 Å². The molecule has 0 amide bonds. The molecule has 3 unspecified atom stereocenters. The molecule has 1 aliphatic heterocycles. The molecule has 0 aromatic rings. The minimum atomic E-state index is -2.35. The molecular formula is C14H23F2N3O. The number of piperidine rings is 1. The summed E-state index contributed by atoms with van der Waals surface area (Å²) >= 11 is 0. The van der Waals surface area contributed by atoms with Crippen molar-refractivity contribution in [1.29, 1.82) is 5.26 Å². The highest BCUT2D eigenvalue weighted by Gasteiger charge is 2.34. The minimum absolute atomic E-state index is 0.0116. The molecule has 2 rings (SSSR count). The molecule has 2 fully saturated rings. The Labute approximate surface area is 118 Å². The van der Waals surface area contributed by atoms with Crippen molar-refractivity contribution in [1.82, 2.24) is 10.2 Å². The van der Waals surface area contributed by atoms with Crippen LogP contribution in [0.1, 0.15) is 25.7 Å². The number of likely N-dealkylation sites (tertiary alicyclic amines) is 1. The van der Waals surface area contributed by atoms with Crippen molar-refractivity contribution in [3.63, 3.8) is 0 Å². The maximum Gasteiger partial charge on any atom is 0.250 e. The van der Waals surface area contributed by atoms with Crippen LogP contribution in [0.5, 0.6) is 0 Å². The first-order chi connectivity index (χ1) is 9.58. The second-order valence-electron chi connectivity index (χ2n) is 6.09. The van der Waals surface area contributed by atoms with E-state index in [4.69, 9.17) is 5.26 Å². The molecule has 1 saturated heterocycles. The second kappa shape index (κ2) is 7.30. The lowest BCUT2D eigenvalue weighted by atomic mass is 9.88. The van der Waals surface area contributed by atoms with Crippen molar-refractivity contribution in [3.8, 4) is 6.07 Å². The average molecular weight is 287 g/mol. The fourth-order valence-electron chi connectivity index (χ4n) is 3.12. The predicted octanol–water partition coefficient (Wildman–Crippen LogP) is 1.22. The summed E-state index contributed by atoms with van der Waals surface area (Å²) < 4.78 is 24.6. The minimum Gasteiger partial charge on any atom is -0.393 e. The number of nitrogens with zero attached hydrogens (tertiary/aromatic N) is 2. The van der Waals surface area contributed by atoms with Crippen LogP contribution in [0.3, 0.4) is 0 Å². The van der Waals surface area contributed by atoms with Crippen molar-refractivity contribution >= 4 is 0 Å². The predicted molar refractivity (Wildman–Crippen MR) is 71.3 cm³/mol. The van der Waals surface area contributed by atoms with Gasteiger partial charge in [0.15, 0.2) is 0 Å². The van der Waals surface area contributed by atoms with Crippen molar-refractivity contribution < 1.29 is 13.9 Å². The number of hydrogen-bond acceptors (Lipinski definition) is 4. The van der Waals surface area contributed by atoms with E-state index in [1.54, 1.807) is 0 Å². The van der Waals surface area contributed by atoms with E-state index in [0.29, 0.717) is 19.0 Å². The monoisotopic (exact) mass is 287 g/mol. The smallest absolute Gasteiger partial charge is 0.250 e. The molecule has 2 N–H and O–H groups in total. The molecule has 114 valence electrons. The van der Waals surface area contributed by atoms with Gasteiger partial charge in [-0.05, 0) is 37.5 Å². The topological polar surface area (TPSA) is 59.3 Å². The van der Waals surface area contributed by atoms with Crippen LogP contribution in [-0.4, -0.2) is 54.8 Å². The molecule has 0 aromatic heterocycles. The van der Waals surface area contributed by atoms with E-state index in [2.05, 4.69) is 11.4 Å². The lowest BCUT2D eigenvalue weighted by Gasteiger charge is -2.37. The summed E-state index contributed by atoms with van der Waals surface area (Å²) in [6.07, 6.45) is 1.11.